The number of ether oxygens (including phenoxy) is 1. The molecule has 0 saturated carbocycles. The normalized spacial score (nSPS) is 11.8. The van der Waals surface area contributed by atoms with E-state index in [1.807, 2.05) is 36.4 Å². The molecule has 0 fully saturated rings. The third-order valence-corrected chi connectivity index (χ3v) is 3.17. The number of rotatable bonds is 7. The SMILES string of the molecule is C=CCSCC(C=C)Oc1ccc(Cl)cc1. The summed E-state index contributed by atoms with van der Waals surface area (Å²) in [4.78, 5) is 0. The van der Waals surface area contributed by atoms with Crippen molar-refractivity contribution >= 4 is 23.4 Å². The van der Waals surface area contributed by atoms with Crippen molar-refractivity contribution in [3.05, 3.63) is 54.6 Å². The molecular formula is C13H15ClOS. The highest BCUT2D eigenvalue weighted by atomic mass is 35.5. The zero-order valence-electron chi connectivity index (χ0n) is 9.06. The van der Waals surface area contributed by atoms with Crippen LogP contribution in [0.1, 0.15) is 0 Å². The van der Waals surface area contributed by atoms with E-state index in [1.165, 1.54) is 0 Å². The van der Waals surface area contributed by atoms with Crippen LogP contribution in [0.3, 0.4) is 0 Å². The van der Waals surface area contributed by atoms with Crippen LogP contribution in [0, 0.1) is 0 Å². The lowest BCUT2D eigenvalue weighted by Crippen LogP contribution is -2.16. The van der Waals surface area contributed by atoms with E-state index in [-0.39, 0.29) is 6.10 Å². The minimum Gasteiger partial charge on any atom is -0.486 e. The van der Waals surface area contributed by atoms with Crippen molar-refractivity contribution in [2.24, 2.45) is 0 Å². The van der Waals surface area contributed by atoms with Crippen LogP contribution < -0.4 is 4.74 Å². The zero-order valence-corrected chi connectivity index (χ0v) is 10.6. The molecule has 0 N–H and O–H groups in total. The van der Waals surface area contributed by atoms with E-state index in [0.717, 1.165) is 17.3 Å². The van der Waals surface area contributed by atoms with E-state index >= 15 is 0 Å². The molecule has 0 aliphatic heterocycles. The standard InChI is InChI=1S/C13H15ClOS/c1-3-9-16-10-12(4-2)15-13-7-5-11(14)6-8-13/h3-8,12H,1-2,9-10H2. The Morgan fingerprint density at radius 1 is 1.31 bits per heavy atom. The Balaban J connectivity index is 2.46. The highest BCUT2D eigenvalue weighted by Crippen LogP contribution is 2.18. The van der Waals surface area contributed by atoms with E-state index in [4.69, 9.17) is 16.3 Å². The van der Waals surface area contributed by atoms with Gasteiger partial charge < -0.3 is 4.74 Å². The quantitative estimate of drug-likeness (QED) is 0.533. The van der Waals surface area contributed by atoms with Gasteiger partial charge in [-0.2, -0.15) is 11.8 Å². The van der Waals surface area contributed by atoms with Gasteiger partial charge in [0.2, 0.25) is 0 Å². The van der Waals surface area contributed by atoms with Gasteiger partial charge in [-0.15, -0.1) is 6.58 Å². The molecule has 0 heterocycles. The minimum atomic E-state index is 0.0196. The molecule has 86 valence electrons. The Kier molecular flexibility index (Phi) is 6.12. The largest absolute Gasteiger partial charge is 0.486 e. The van der Waals surface area contributed by atoms with Crippen LogP contribution in [0.2, 0.25) is 5.02 Å². The lowest BCUT2D eigenvalue weighted by atomic mass is 10.3. The molecule has 0 amide bonds. The molecule has 0 aromatic heterocycles. The highest BCUT2D eigenvalue weighted by Gasteiger charge is 2.05. The molecule has 0 saturated heterocycles. The summed E-state index contributed by atoms with van der Waals surface area (Å²) in [6.07, 6.45) is 3.71. The van der Waals surface area contributed by atoms with Crippen molar-refractivity contribution in [2.75, 3.05) is 11.5 Å². The summed E-state index contributed by atoms with van der Waals surface area (Å²) in [6, 6.07) is 7.34. The topological polar surface area (TPSA) is 9.23 Å². The van der Waals surface area contributed by atoms with Crippen LogP contribution in [-0.4, -0.2) is 17.6 Å². The molecular weight excluding hydrogens is 240 g/mol. The van der Waals surface area contributed by atoms with Crippen molar-refractivity contribution in [3.63, 3.8) is 0 Å². The molecule has 1 rings (SSSR count). The average molecular weight is 255 g/mol. The molecule has 1 aromatic carbocycles. The van der Waals surface area contributed by atoms with Crippen LogP contribution in [0.4, 0.5) is 0 Å². The number of halogens is 1. The second-order valence-corrected chi connectivity index (χ2v) is 4.68. The molecule has 1 atom stereocenters. The summed E-state index contributed by atoms with van der Waals surface area (Å²) < 4.78 is 5.73. The fourth-order valence-electron chi connectivity index (χ4n) is 1.11. The molecule has 1 nitrogen and oxygen atoms in total. The fourth-order valence-corrected chi connectivity index (χ4v) is 1.97. The smallest absolute Gasteiger partial charge is 0.126 e. The number of hydrogen-bond donors (Lipinski definition) is 0. The number of thioether (sulfide) groups is 1. The van der Waals surface area contributed by atoms with E-state index in [2.05, 4.69) is 13.2 Å². The van der Waals surface area contributed by atoms with E-state index in [1.54, 1.807) is 11.8 Å². The first-order chi connectivity index (χ1) is 7.76. The zero-order chi connectivity index (χ0) is 11.8. The molecule has 0 aliphatic carbocycles. The fraction of sp³-hybridized carbons (Fsp3) is 0.231. The molecule has 1 unspecified atom stereocenters. The van der Waals surface area contributed by atoms with Gasteiger partial charge in [0.25, 0.3) is 0 Å². The molecule has 3 heteroatoms. The van der Waals surface area contributed by atoms with Gasteiger partial charge in [0.15, 0.2) is 0 Å². The minimum absolute atomic E-state index is 0.0196. The van der Waals surface area contributed by atoms with E-state index in [0.29, 0.717) is 5.02 Å². The van der Waals surface area contributed by atoms with Gasteiger partial charge >= 0.3 is 0 Å². The van der Waals surface area contributed by atoms with Crippen LogP contribution >= 0.6 is 23.4 Å². The molecule has 0 radical (unpaired) electrons. The first kappa shape index (κ1) is 13.2. The average Bonchev–Trinajstić information content (AvgIpc) is 2.31. The number of benzene rings is 1. The Bertz CT molecular complexity index is 334. The Morgan fingerprint density at radius 3 is 2.56 bits per heavy atom. The van der Waals surface area contributed by atoms with Crippen LogP contribution in [0.25, 0.3) is 0 Å². The third-order valence-electron chi connectivity index (χ3n) is 1.88. The lowest BCUT2D eigenvalue weighted by molar-refractivity contribution is 0.274. The first-order valence-electron chi connectivity index (χ1n) is 4.99. The third kappa shape index (κ3) is 4.77. The Morgan fingerprint density at radius 2 is 2.00 bits per heavy atom. The van der Waals surface area contributed by atoms with E-state index in [9.17, 15) is 0 Å². The van der Waals surface area contributed by atoms with Crippen LogP contribution in [0.5, 0.6) is 5.75 Å². The Hall–Kier alpha value is -0.860. The molecule has 1 aromatic rings. The van der Waals surface area contributed by atoms with Crippen LogP contribution in [0.15, 0.2) is 49.6 Å². The molecule has 16 heavy (non-hydrogen) atoms. The summed E-state index contributed by atoms with van der Waals surface area (Å²) >= 11 is 7.56. The monoisotopic (exact) mass is 254 g/mol. The van der Waals surface area contributed by atoms with Crippen molar-refractivity contribution < 1.29 is 4.74 Å². The summed E-state index contributed by atoms with van der Waals surface area (Å²) in [6.45, 7) is 7.44. The van der Waals surface area contributed by atoms with Gasteiger partial charge in [0, 0.05) is 16.5 Å². The second kappa shape index (κ2) is 7.42. The second-order valence-electron chi connectivity index (χ2n) is 3.17. The van der Waals surface area contributed by atoms with E-state index < -0.39 is 0 Å². The maximum atomic E-state index is 5.79. The van der Waals surface area contributed by atoms with Crippen LogP contribution in [-0.2, 0) is 0 Å². The van der Waals surface area contributed by atoms with Gasteiger partial charge in [0.1, 0.15) is 11.9 Å². The predicted octanol–water partition coefficient (Wildman–Crippen LogP) is 4.19. The maximum Gasteiger partial charge on any atom is 0.126 e. The summed E-state index contributed by atoms with van der Waals surface area (Å²) in [5.41, 5.74) is 0. The summed E-state index contributed by atoms with van der Waals surface area (Å²) in [5, 5.41) is 0.712. The van der Waals surface area contributed by atoms with Gasteiger partial charge in [0.05, 0.1) is 0 Å². The summed E-state index contributed by atoms with van der Waals surface area (Å²) in [5.74, 6) is 2.61. The molecule has 0 spiro atoms. The van der Waals surface area contributed by atoms with Crippen molar-refractivity contribution in [1.29, 1.82) is 0 Å². The highest BCUT2D eigenvalue weighted by molar-refractivity contribution is 7.99. The molecule has 0 aliphatic rings. The number of hydrogen-bond acceptors (Lipinski definition) is 2. The maximum absolute atomic E-state index is 5.79. The first-order valence-corrected chi connectivity index (χ1v) is 6.53. The van der Waals surface area contributed by atoms with Gasteiger partial charge in [-0.3, -0.25) is 0 Å². The van der Waals surface area contributed by atoms with Gasteiger partial charge in [-0.05, 0) is 24.3 Å². The summed E-state index contributed by atoms with van der Waals surface area (Å²) in [7, 11) is 0. The lowest BCUT2D eigenvalue weighted by Gasteiger charge is -2.14. The van der Waals surface area contributed by atoms with Crippen molar-refractivity contribution in [1.82, 2.24) is 0 Å². The Labute approximate surface area is 106 Å². The van der Waals surface area contributed by atoms with Gasteiger partial charge in [-0.25, -0.2) is 0 Å². The van der Waals surface area contributed by atoms with Crippen molar-refractivity contribution in [3.8, 4) is 5.75 Å². The van der Waals surface area contributed by atoms with Crippen molar-refractivity contribution in [2.45, 2.75) is 6.10 Å². The van der Waals surface area contributed by atoms with Gasteiger partial charge in [-0.1, -0.05) is 30.3 Å². The molecule has 0 bridgehead atoms. The predicted molar refractivity (Wildman–Crippen MR) is 73.6 cm³/mol.